The Morgan fingerprint density at radius 2 is 2.05 bits per heavy atom. The van der Waals surface area contributed by atoms with Crippen LogP contribution in [0.15, 0.2) is 41.5 Å². The third-order valence-electron chi connectivity index (χ3n) is 3.57. The van der Waals surface area contributed by atoms with E-state index in [1.165, 1.54) is 0 Å². The SMILES string of the molecule is CC(C)(C)Cn1c(=O)[nH]c2cc(-c3cnccc3N)ccc21. The quantitative estimate of drug-likeness (QED) is 0.763. The van der Waals surface area contributed by atoms with Crippen LogP contribution in [0.2, 0.25) is 0 Å². The summed E-state index contributed by atoms with van der Waals surface area (Å²) in [6.45, 7) is 7.01. The molecule has 5 nitrogen and oxygen atoms in total. The fourth-order valence-corrected chi connectivity index (χ4v) is 2.61. The predicted octanol–water partition coefficient (Wildman–Crippen LogP) is 3.02. The van der Waals surface area contributed by atoms with Gasteiger partial charge in [-0.3, -0.25) is 9.55 Å². The lowest BCUT2D eigenvalue weighted by Gasteiger charge is -2.18. The molecule has 0 atom stereocenters. The number of anilines is 1. The third kappa shape index (κ3) is 2.62. The van der Waals surface area contributed by atoms with Gasteiger partial charge in [-0.2, -0.15) is 0 Å². The Bertz CT molecular complexity index is 884. The summed E-state index contributed by atoms with van der Waals surface area (Å²) in [5.41, 5.74) is 10.2. The Morgan fingerprint density at radius 1 is 1.27 bits per heavy atom. The van der Waals surface area contributed by atoms with Gasteiger partial charge in [-0.15, -0.1) is 0 Å². The molecule has 0 aliphatic carbocycles. The number of imidazole rings is 1. The van der Waals surface area contributed by atoms with E-state index in [4.69, 9.17) is 5.73 Å². The van der Waals surface area contributed by atoms with Crippen molar-refractivity contribution in [2.45, 2.75) is 27.3 Å². The summed E-state index contributed by atoms with van der Waals surface area (Å²) in [5, 5.41) is 0. The van der Waals surface area contributed by atoms with Crippen molar-refractivity contribution in [3.8, 4) is 11.1 Å². The summed E-state index contributed by atoms with van der Waals surface area (Å²) >= 11 is 0. The van der Waals surface area contributed by atoms with Gasteiger partial charge < -0.3 is 10.7 Å². The molecule has 2 heterocycles. The number of nitrogen functional groups attached to an aromatic ring is 1. The van der Waals surface area contributed by atoms with Crippen molar-refractivity contribution in [3.63, 3.8) is 0 Å². The highest BCUT2D eigenvalue weighted by Crippen LogP contribution is 2.27. The molecular formula is C17H20N4O. The van der Waals surface area contributed by atoms with Crippen LogP contribution >= 0.6 is 0 Å². The van der Waals surface area contributed by atoms with Crippen LogP contribution in [-0.2, 0) is 6.54 Å². The van der Waals surface area contributed by atoms with Gasteiger partial charge >= 0.3 is 5.69 Å². The van der Waals surface area contributed by atoms with Gasteiger partial charge in [0, 0.05) is 30.2 Å². The zero-order chi connectivity index (χ0) is 15.9. The lowest BCUT2D eigenvalue weighted by molar-refractivity contribution is 0.344. The minimum atomic E-state index is -0.0822. The molecule has 5 heteroatoms. The molecule has 0 saturated heterocycles. The van der Waals surface area contributed by atoms with Crippen LogP contribution in [0.5, 0.6) is 0 Å². The molecule has 0 saturated carbocycles. The van der Waals surface area contributed by atoms with Gasteiger partial charge in [0.2, 0.25) is 0 Å². The molecular weight excluding hydrogens is 276 g/mol. The number of nitrogens with one attached hydrogen (secondary N) is 1. The Labute approximate surface area is 128 Å². The van der Waals surface area contributed by atoms with Gasteiger partial charge in [-0.25, -0.2) is 4.79 Å². The van der Waals surface area contributed by atoms with Gasteiger partial charge in [-0.05, 0) is 29.2 Å². The number of fused-ring (bicyclic) bond motifs is 1. The minimum Gasteiger partial charge on any atom is -0.398 e. The van der Waals surface area contributed by atoms with E-state index in [2.05, 4.69) is 30.7 Å². The summed E-state index contributed by atoms with van der Waals surface area (Å²) < 4.78 is 1.78. The smallest absolute Gasteiger partial charge is 0.326 e. The van der Waals surface area contributed by atoms with E-state index in [0.29, 0.717) is 12.2 Å². The highest BCUT2D eigenvalue weighted by molar-refractivity contribution is 5.85. The summed E-state index contributed by atoms with van der Waals surface area (Å²) in [6.07, 6.45) is 3.40. The Hall–Kier alpha value is -2.56. The van der Waals surface area contributed by atoms with Crippen LogP contribution in [0.4, 0.5) is 5.69 Å². The van der Waals surface area contributed by atoms with Crippen molar-refractivity contribution in [2.75, 3.05) is 5.73 Å². The second-order valence-electron chi connectivity index (χ2n) is 6.77. The summed E-state index contributed by atoms with van der Waals surface area (Å²) in [7, 11) is 0. The lowest BCUT2D eigenvalue weighted by Crippen LogP contribution is -2.24. The number of nitrogens with zero attached hydrogens (tertiary/aromatic N) is 2. The van der Waals surface area contributed by atoms with Crippen molar-refractivity contribution in [3.05, 3.63) is 47.1 Å². The fraction of sp³-hybridized carbons (Fsp3) is 0.294. The first-order chi connectivity index (χ1) is 10.3. The van der Waals surface area contributed by atoms with E-state index >= 15 is 0 Å². The molecule has 0 fully saturated rings. The van der Waals surface area contributed by atoms with E-state index < -0.39 is 0 Å². The van der Waals surface area contributed by atoms with Gasteiger partial charge in [0.25, 0.3) is 0 Å². The number of aromatic nitrogens is 3. The zero-order valence-electron chi connectivity index (χ0n) is 13.1. The minimum absolute atomic E-state index is 0.0331. The zero-order valence-corrected chi connectivity index (χ0v) is 13.1. The summed E-state index contributed by atoms with van der Waals surface area (Å²) in [6, 6.07) is 7.65. The Balaban J connectivity index is 2.13. The monoisotopic (exact) mass is 296 g/mol. The maximum Gasteiger partial charge on any atom is 0.326 e. The Kier molecular flexibility index (Phi) is 3.28. The van der Waals surface area contributed by atoms with Crippen LogP contribution < -0.4 is 11.4 Å². The van der Waals surface area contributed by atoms with Crippen molar-refractivity contribution < 1.29 is 0 Å². The number of hydrogen-bond acceptors (Lipinski definition) is 3. The molecule has 1 aromatic carbocycles. The normalized spacial score (nSPS) is 12.0. The van der Waals surface area contributed by atoms with Crippen molar-refractivity contribution in [1.82, 2.24) is 14.5 Å². The van der Waals surface area contributed by atoms with E-state index in [1.54, 1.807) is 23.0 Å². The highest BCUT2D eigenvalue weighted by Gasteiger charge is 2.16. The first kappa shape index (κ1) is 14.4. The van der Waals surface area contributed by atoms with E-state index in [-0.39, 0.29) is 11.1 Å². The molecule has 22 heavy (non-hydrogen) atoms. The number of rotatable bonds is 2. The van der Waals surface area contributed by atoms with E-state index in [1.807, 2.05) is 18.2 Å². The van der Waals surface area contributed by atoms with Gasteiger partial charge in [0.1, 0.15) is 0 Å². The first-order valence-corrected chi connectivity index (χ1v) is 7.27. The number of nitrogens with two attached hydrogens (primary N) is 1. The number of H-pyrrole nitrogens is 1. The fourth-order valence-electron chi connectivity index (χ4n) is 2.61. The Morgan fingerprint density at radius 3 is 2.73 bits per heavy atom. The molecule has 0 unspecified atom stereocenters. The molecule has 3 rings (SSSR count). The molecule has 2 aromatic heterocycles. The number of aromatic amines is 1. The van der Waals surface area contributed by atoms with Crippen LogP contribution in [0, 0.1) is 5.41 Å². The van der Waals surface area contributed by atoms with Crippen molar-refractivity contribution in [1.29, 1.82) is 0 Å². The average Bonchev–Trinajstić information content (AvgIpc) is 2.73. The highest BCUT2D eigenvalue weighted by atomic mass is 16.1. The molecule has 0 amide bonds. The van der Waals surface area contributed by atoms with Crippen LogP contribution in [0.25, 0.3) is 22.2 Å². The van der Waals surface area contributed by atoms with Crippen LogP contribution in [0.1, 0.15) is 20.8 Å². The van der Waals surface area contributed by atoms with Gasteiger partial charge in [0.15, 0.2) is 0 Å². The topological polar surface area (TPSA) is 76.7 Å². The maximum absolute atomic E-state index is 12.2. The molecule has 0 aliphatic rings. The lowest BCUT2D eigenvalue weighted by atomic mass is 9.97. The summed E-state index contributed by atoms with van der Waals surface area (Å²) in [4.78, 5) is 19.2. The second kappa shape index (κ2) is 5.02. The third-order valence-corrected chi connectivity index (χ3v) is 3.57. The maximum atomic E-state index is 12.2. The average molecular weight is 296 g/mol. The van der Waals surface area contributed by atoms with E-state index in [0.717, 1.165) is 22.2 Å². The molecule has 0 bridgehead atoms. The molecule has 0 radical (unpaired) electrons. The molecule has 0 spiro atoms. The van der Waals surface area contributed by atoms with Gasteiger partial charge in [0.05, 0.1) is 11.0 Å². The standard InChI is InChI=1S/C17H20N4O/c1-17(2,3)10-21-15-5-4-11(8-14(15)20-16(21)22)12-9-19-7-6-13(12)18/h4-9H,10H2,1-3H3,(H2,18,19)(H,20,22). The number of benzene rings is 1. The molecule has 0 aliphatic heterocycles. The van der Waals surface area contributed by atoms with Crippen molar-refractivity contribution >= 4 is 16.7 Å². The molecule has 3 N–H and O–H groups in total. The second-order valence-corrected chi connectivity index (χ2v) is 6.77. The molecule has 3 aromatic rings. The van der Waals surface area contributed by atoms with E-state index in [9.17, 15) is 4.79 Å². The summed E-state index contributed by atoms with van der Waals surface area (Å²) in [5.74, 6) is 0. The van der Waals surface area contributed by atoms with Crippen LogP contribution in [-0.4, -0.2) is 14.5 Å². The number of pyridine rings is 1. The largest absolute Gasteiger partial charge is 0.398 e. The molecule has 114 valence electrons. The predicted molar refractivity (Wildman–Crippen MR) is 89.7 cm³/mol. The van der Waals surface area contributed by atoms with Crippen LogP contribution in [0.3, 0.4) is 0 Å². The van der Waals surface area contributed by atoms with Gasteiger partial charge in [-0.1, -0.05) is 26.8 Å². The van der Waals surface area contributed by atoms with Crippen molar-refractivity contribution in [2.24, 2.45) is 5.41 Å². The first-order valence-electron chi connectivity index (χ1n) is 7.27. The number of hydrogen-bond donors (Lipinski definition) is 2.